The molecule has 308 valence electrons. The lowest BCUT2D eigenvalue weighted by Gasteiger charge is -2.35. The number of hydrogen-bond acceptors (Lipinski definition) is 17. The van der Waals surface area contributed by atoms with Gasteiger partial charge in [-0.1, -0.05) is 0 Å². The summed E-state index contributed by atoms with van der Waals surface area (Å²) in [6, 6.07) is 5.31. The number of nitrogens with zero attached hydrogens (tertiary/aromatic N) is 8. The molecule has 5 rings (SSSR count). The lowest BCUT2D eigenvalue weighted by atomic mass is 10.0. The number of oxazole rings is 1. The maximum atomic E-state index is 12.8. The number of nitrogens with one attached hydrogen (secondary N) is 3. The van der Waals surface area contributed by atoms with E-state index in [4.69, 9.17) is 42.2 Å². The van der Waals surface area contributed by atoms with Crippen LogP contribution in [-0.4, -0.2) is 151 Å². The van der Waals surface area contributed by atoms with Crippen molar-refractivity contribution >= 4 is 52.3 Å². The van der Waals surface area contributed by atoms with Crippen LogP contribution < -0.4 is 38.5 Å². The molecular weight excluding hydrogens is 738 g/mol. The Balaban J connectivity index is 0.847. The van der Waals surface area contributed by atoms with Crippen LogP contribution >= 0.6 is 0 Å². The van der Waals surface area contributed by atoms with Crippen molar-refractivity contribution in [2.45, 2.75) is 25.8 Å². The largest absolute Gasteiger partial charge is 0.424 e. The van der Waals surface area contributed by atoms with Crippen LogP contribution in [0.4, 0.5) is 12.0 Å². The van der Waals surface area contributed by atoms with Gasteiger partial charge < -0.3 is 57.3 Å². The lowest BCUT2D eigenvalue weighted by Crippen LogP contribution is -2.52. The highest BCUT2D eigenvalue weighted by Crippen LogP contribution is 2.25. The van der Waals surface area contributed by atoms with Crippen molar-refractivity contribution in [2.24, 2.45) is 22.3 Å². The molecule has 0 radical (unpaired) electrons. The SMILES string of the molecule is CN(CC(=O)NCCOCCOCCC(=O)NCCCCN1N=C(c2ccc3oc(N)nc3c2)C(=C(N)N)C1=N)CC(=O)N1CCN(c2ncc(CN)cn2)CC1. The summed E-state index contributed by atoms with van der Waals surface area (Å²) in [7, 11) is 1.73. The van der Waals surface area contributed by atoms with Gasteiger partial charge in [0.2, 0.25) is 23.7 Å². The fourth-order valence-electron chi connectivity index (χ4n) is 6.10. The van der Waals surface area contributed by atoms with Gasteiger partial charge in [-0.3, -0.25) is 24.7 Å². The quantitative estimate of drug-likeness (QED) is 0.0604. The van der Waals surface area contributed by atoms with E-state index >= 15 is 0 Å². The normalized spacial score (nSPS) is 14.4. The number of carbonyl (C=O) groups is 3. The van der Waals surface area contributed by atoms with Gasteiger partial charge in [-0.15, -0.1) is 0 Å². The molecule has 2 aliphatic rings. The van der Waals surface area contributed by atoms with E-state index in [1.807, 2.05) is 4.90 Å². The molecule has 0 atom stereocenters. The zero-order valence-electron chi connectivity index (χ0n) is 32.2. The smallest absolute Gasteiger partial charge is 0.292 e. The molecule has 11 N–H and O–H groups in total. The van der Waals surface area contributed by atoms with Crippen LogP contribution in [0, 0.1) is 5.41 Å². The molecular formula is C36H53N15O6. The Bertz CT molecular complexity index is 1910. The van der Waals surface area contributed by atoms with Crippen LogP contribution in [0.15, 0.2) is 51.5 Å². The summed E-state index contributed by atoms with van der Waals surface area (Å²) < 4.78 is 16.4. The molecule has 1 fully saturated rings. The van der Waals surface area contributed by atoms with Gasteiger partial charge >= 0.3 is 0 Å². The summed E-state index contributed by atoms with van der Waals surface area (Å²) in [5.74, 6) is 0.333. The Labute approximate surface area is 330 Å². The van der Waals surface area contributed by atoms with Crippen LogP contribution in [0.2, 0.25) is 0 Å². The zero-order chi connectivity index (χ0) is 40.7. The van der Waals surface area contributed by atoms with Crippen molar-refractivity contribution in [1.82, 2.24) is 40.4 Å². The first-order valence-corrected chi connectivity index (χ1v) is 18.8. The topological polar surface area (TPSA) is 299 Å². The van der Waals surface area contributed by atoms with Crippen molar-refractivity contribution in [3.8, 4) is 0 Å². The van der Waals surface area contributed by atoms with Gasteiger partial charge in [-0.2, -0.15) is 10.1 Å². The number of aromatic nitrogens is 3. The van der Waals surface area contributed by atoms with E-state index in [0.717, 1.165) is 5.56 Å². The number of hydrogen-bond donors (Lipinski definition) is 7. The molecule has 57 heavy (non-hydrogen) atoms. The number of benzene rings is 1. The number of unbranched alkanes of at least 4 members (excludes halogenated alkanes) is 1. The fourth-order valence-corrected chi connectivity index (χ4v) is 6.10. The average Bonchev–Trinajstić information content (AvgIpc) is 3.74. The molecule has 0 aliphatic carbocycles. The molecule has 2 aromatic heterocycles. The van der Waals surface area contributed by atoms with E-state index < -0.39 is 0 Å². The third-order valence-corrected chi connectivity index (χ3v) is 9.11. The standard InChI is InChI=1S/C36H53N15O6/c1-48(23-30(54)49-10-12-50(13-11-49)36-44-20-24(19-37)21-45-36)22-29(53)43-8-15-56-17-16-55-14-6-28(52)42-7-2-3-9-51-34(40)31(33(38)39)32(47-51)25-4-5-27-26(18-25)46-35(41)57-27/h4-5,18,20-21,40H,2-3,6-17,19,22-23,37-39H2,1H3,(H2,41,46)(H,42,52)(H,43,53). The second-order valence-corrected chi connectivity index (χ2v) is 13.5. The summed E-state index contributed by atoms with van der Waals surface area (Å²) in [5.41, 5.74) is 26.5. The minimum Gasteiger partial charge on any atom is -0.424 e. The van der Waals surface area contributed by atoms with Gasteiger partial charge in [0.15, 0.2) is 11.4 Å². The second kappa shape index (κ2) is 20.9. The molecule has 3 aromatic rings. The van der Waals surface area contributed by atoms with Crippen LogP contribution in [0.25, 0.3) is 11.1 Å². The van der Waals surface area contributed by atoms with Crippen molar-refractivity contribution in [1.29, 1.82) is 5.41 Å². The number of carbonyl (C=O) groups excluding carboxylic acids is 3. The number of piperazine rings is 1. The van der Waals surface area contributed by atoms with Gasteiger partial charge in [-0.05, 0) is 38.1 Å². The van der Waals surface area contributed by atoms with E-state index in [9.17, 15) is 14.4 Å². The van der Waals surface area contributed by atoms with Gasteiger partial charge in [0, 0.05) is 82.3 Å². The van der Waals surface area contributed by atoms with Crippen molar-refractivity contribution in [2.75, 3.05) is 103 Å². The maximum absolute atomic E-state index is 12.8. The summed E-state index contributed by atoms with van der Waals surface area (Å²) in [6.45, 7) is 5.34. The summed E-state index contributed by atoms with van der Waals surface area (Å²) in [5, 5.41) is 20.4. The van der Waals surface area contributed by atoms with Gasteiger partial charge in [0.05, 0.1) is 45.1 Å². The zero-order valence-corrected chi connectivity index (χ0v) is 32.2. The Morgan fingerprint density at radius 3 is 2.39 bits per heavy atom. The summed E-state index contributed by atoms with van der Waals surface area (Å²) >= 11 is 0. The minimum absolute atomic E-state index is 0.0120. The van der Waals surface area contributed by atoms with Crippen molar-refractivity contribution in [3.63, 3.8) is 0 Å². The van der Waals surface area contributed by atoms with E-state index in [2.05, 4.69) is 30.7 Å². The monoisotopic (exact) mass is 791 g/mol. The Morgan fingerprint density at radius 2 is 1.67 bits per heavy atom. The summed E-state index contributed by atoms with van der Waals surface area (Å²) in [6.07, 6.45) is 4.96. The molecule has 0 unspecified atom stereocenters. The fraction of sp³-hybridized carbons (Fsp3) is 0.500. The lowest BCUT2D eigenvalue weighted by molar-refractivity contribution is -0.133. The number of hydrazone groups is 1. The Hall–Kier alpha value is -5.90. The molecule has 4 heterocycles. The minimum atomic E-state index is -0.204. The maximum Gasteiger partial charge on any atom is 0.292 e. The van der Waals surface area contributed by atoms with E-state index in [1.54, 1.807) is 47.4 Å². The number of nitrogens with two attached hydrogens (primary N) is 4. The van der Waals surface area contributed by atoms with Crippen LogP contribution in [0.3, 0.4) is 0 Å². The number of amides is 3. The molecule has 0 spiro atoms. The molecule has 3 amide bonds. The Morgan fingerprint density at radius 1 is 0.947 bits per heavy atom. The number of fused-ring (bicyclic) bond motifs is 1. The first-order valence-electron chi connectivity index (χ1n) is 18.8. The van der Waals surface area contributed by atoms with Crippen LogP contribution in [0.1, 0.15) is 30.4 Å². The molecule has 21 nitrogen and oxygen atoms in total. The van der Waals surface area contributed by atoms with E-state index in [0.29, 0.717) is 119 Å². The number of nitrogen functional groups attached to an aromatic ring is 1. The number of amidine groups is 1. The number of rotatable bonds is 21. The molecule has 2 aliphatic heterocycles. The molecule has 0 bridgehead atoms. The third-order valence-electron chi connectivity index (χ3n) is 9.11. The second-order valence-electron chi connectivity index (χ2n) is 13.5. The molecule has 1 aromatic carbocycles. The summed E-state index contributed by atoms with van der Waals surface area (Å²) in [4.78, 5) is 55.7. The van der Waals surface area contributed by atoms with Gasteiger partial charge in [-0.25, -0.2) is 15.0 Å². The highest BCUT2D eigenvalue weighted by Gasteiger charge is 2.30. The number of likely N-dealkylation sites (N-methyl/N-ethyl adjacent to an activating group) is 1. The van der Waals surface area contributed by atoms with Crippen LogP contribution in [-0.2, 0) is 30.4 Å². The van der Waals surface area contributed by atoms with Gasteiger partial charge in [0.1, 0.15) is 17.0 Å². The molecule has 0 saturated carbocycles. The predicted octanol–water partition coefficient (Wildman–Crippen LogP) is -1.50. The first-order chi connectivity index (χ1) is 27.5. The van der Waals surface area contributed by atoms with E-state index in [-0.39, 0.29) is 61.5 Å². The average molecular weight is 792 g/mol. The first kappa shape index (κ1) is 42.2. The van der Waals surface area contributed by atoms with Gasteiger partial charge in [0.25, 0.3) is 6.01 Å². The third kappa shape index (κ3) is 12.3. The number of ether oxygens (including phenoxy) is 2. The highest BCUT2D eigenvalue weighted by atomic mass is 16.5. The predicted molar refractivity (Wildman–Crippen MR) is 213 cm³/mol. The molecule has 21 heteroatoms. The number of anilines is 2. The highest BCUT2D eigenvalue weighted by molar-refractivity contribution is 6.32. The molecule has 1 saturated heterocycles. The van der Waals surface area contributed by atoms with E-state index in [1.165, 1.54) is 5.01 Å². The van der Waals surface area contributed by atoms with Crippen molar-refractivity contribution < 1.29 is 28.3 Å². The van der Waals surface area contributed by atoms with Crippen molar-refractivity contribution in [3.05, 3.63) is 53.1 Å². The van der Waals surface area contributed by atoms with Crippen LogP contribution in [0.5, 0.6) is 0 Å². The Kier molecular flexibility index (Phi) is 15.5.